The quantitative estimate of drug-likeness (QED) is 0.0651. The van der Waals surface area contributed by atoms with Crippen molar-refractivity contribution in [3.63, 3.8) is 0 Å². The third kappa shape index (κ3) is 24.7. The van der Waals surface area contributed by atoms with Gasteiger partial charge in [0.15, 0.2) is 0 Å². The number of anilines is 5. The number of carboxylic acids is 1. The number of amides is 1. The molecule has 8 heterocycles. The van der Waals surface area contributed by atoms with Gasteiger partial charge in [-0.05, 0) is 221 Å². The van der Waals surface area contributed by atoms with Gasteiger partial charge in [0.2, 0.25) is 0 Å². The number of methoxy groups -OCH3 is 2. The summed E-state index contributed by atoms with van der Waals surface area (Å²) in [6.45, 7) is 5.25. The molecule has 20 N–H and O–H groups in total. The fourth-order valence-corrected chi connectivity index (χ4v) is 13.1. The Kier molecular flexibility index (Phi) is 34.9. The standard InChI is InChI=1S/C14H20N2O4.C11H13NO4.C10H11NO4.4C9H12N2O2.C7H6O4.C4H9NO.CH4/c1-14(2,3)20-13(19)15-9-5-4-8-16(12(9)18)10-6-7-11(10)17;1-16-11(15)7-3-2-6-12(10(7)14)8-4-5-9(8)13;12-8-4-3-7(8)11-5-1-2-6(9(11)13)10(14)15;4*10-6-2-1-5-11(9(6)13)7-3-4-8(7)12;1-10-6(8)5-3-2-4-11-7(5)9;5-3-1-2-4(3)6;/h4-5,8,10-11,17H,6-7H2,1-3H3,(H,15,19);2-3,6,8-9,13H,4-5H2,1H3;1-2,5,7-8,12H,3-4H2,(H,14,15);4*1-2,5,7-8,12H,3-4,10H2;2-4H,1H3;3-4,6H,1-2,5H2;1H4/t10?,11-;8?,9-;3*7?,8-;2*7-,8-;;3-,4-;/m0000010.0./s1. The molecule has 0 bridgehead atoms. The summed E-state index contributed by atoms with van der Waals surface area (Å²) in [6.07, 6.45) is 21.3. The van der Waals surface area contributed by atoms with Crippen LogP contribution in [0.4, 0.5) is 33.2 Å². The predicted molar refractivity (Wildman–Crippen MR) is 447 cm³/mol. The normalized spacial score (nSPS) is 24.4. The number of nitrogens with two attached hydrogens (primary N) is 5. The number of ether oxygens (including phenoxy) is 3. The van der Waals surface area contributed by atoms with Crippen molar-refractivity contribution in [3.8, 4) is 0 Å². The van der Waals surface area contributed by atoms with E-state index in [1.165, 1.54) is 95.0 Å². The third-order valence-corrected chi connectivity index (χ3v) is 21.6. The number of hydrogen-bond acceptors (Lipinski definition) is 29. The number of hydrogen-bond donors (Lipinski definition) is 15. The van der Waals surface area contributed by atoms with Crippen molar-refractivity contribution in [3.05, 3.63) is 246 Å². The minimum atomic E-state index is -1.23. The molecule has 1 amide bonds. The SMILES string of the molecule is C.CC(C)(C)OC(=O)Nc1cccn(C2CC[C@@H]2O)c1=O.COC(=O)c1cccn(C2CC[C@@H]2O)c1=O.COC(=O)c1cccoc1=O.N[C@H]1CC[C@@H]1O.Nc1cccn(C2CC[C@@H]2O)c1=O.Nc1cccn(C2CC[C@@H]2O)c1=O.Nc1cccn([C@@H]2CC[C@H]2O)c1=O.Nc1cccn([C@H]2CC[C@@H]2O)c1=O.O=C(O)c1cccn(C2CC[C@@H]2O)c1=O. The summed E-state index contributed by atoms with van der Waals surface area (Å²) in [5, 5.41) is 85.8. The van der Waals surface area contributed by atoms with Gasteiger partial charge in [-0.15, -0.1) is 0 Å². The smallest absolute Gasteiger partial charge is 0.412 e. The summed E-state index contributed by atoms with van der Waals surface area (Å²) in [6, 6.07) is 24.1. The van der Waals surface area contributed by atoms with E-state index < -0.39 is 64.7 Å². The Morgan fingerprint density at radius 3 is 0.876 bits per heavy atom. The van der Waals surface area contributed by atoms with E-state index in [-0.39, 0.29) is 159 Å². The van der Waals surface area contributed by atoms with Gasteiger partial charge in [0.1, 0.15) is 28.0 Å². The van der Waals surface area contributed by atoms with Crippen LogP contribution in [0.25, 0.3) is 0 Å². The van der Waals surface area contributed by atoms with Gasteiger partial charge in [-0.2, -0.15) is 0 Å². The van der Waals surface area contributed by atoms with E-state index in [9.17, 15) is 93.3 Å². The van der Waals surface area contributed by atoms with Crippen LogP contribution in [0.3, 0.4) is 0 Å². The molecule has 8 saturated carbocycles. The molecule has 658 valence electrons. The number of carbonyl (C=O) groups is 4. The first-order valence-electron chi connectivity index (χ1n) is 39.1. The molecule has 16 atom stereocenters. The number of rotatable bonds is 11. The van der Waals surface area contributed by atoms with Gasteiger partial charge in [0.25, 0.3) is 38.9 Å². The Morgan fingerprint density at radius 2 is 0.628 bits per heavy atom. The zero-order valence-corrected chi connectivity index (χ0v) is 67.0. The number of nitrogens with zero attached hydrogens (tertiary/aromatic N) is 7. The third-order valence-electron chi connectivity index (χ3n) is 21.6. The van der Waals surface area contributed by atoms with E-state index in [1.54, 1.807) is 119 Å². The molecule has 0 saturated heterocycles. The number of aliphatic hydroxyl groups is 8. The van der Waals surface area contributed by atoms with Crippen molar-refractivity contribution in [2.45, 2.75) is 234 Å². The average molecular weight is 1690 g/mol. The van der Waals surface area contributed by atoms with Crippen LogP contribution in [0.2, 0.25) is 0 Å². The Bertz CT molecular complexity index is 5040. The lowest BCUT2D eigenvalue weighted by molar-refractivity contribution is 0.0292. The lowest BCUT2D eigenvalue weighted by Gasteiger charge is -2.34. The predicted octanol–water partition coefficient (Wildman–Crippen LogP) is 3.50. The highest BCUT2D eigenvalue weighted by Crippen LogP contribution is 2.36. The van der Waals surface area contributed by atoms with Gasteiger partial charge >= 0.3 is 29.6 Å². The van der Waals surface area contributed by atoms with E-state index in [2.05, 4.69) is 19.2 Å². The number of nitrogens with one attached hydrogen (secondary N) is 1. The van der Waals surface area contributed by atoms with Crippen LogP contribution in [0.5, 0.6) is 0 Å². The fraction of sp³-hybridized carbons (Fsp3) is 0.470. The molecule has 0 aromatic carbocycles. The number of aromatic nitrogens is 7. The van der Waals surface area contributed by atoms with Crippen molar-refractivity contribution in [1.82, 2.24) is 32.0 Å². The number of pyridine rings is 7. The Morgan fingerprint density at radius 1 is 0.372 bits per heavy atom. The molecule has 8 fully saturated rings. The Balaban J connectivity index is 0.000000189. The van der Waals surface area contributed by atoms with Gasteiger partial charge in [0, 0.05) is 49.4 Å². The van der Waals surface area contributed by atoms with Crippen molar-refractivity contribution >= 4 is 52.4 Å². The van der Waals surface area contributed by atoms with Crippen LogP contribution in [-0.2, 0) is 14.2 Å². The largest absolute Gasteiger partial charge is 0.477 e. The molecule has 121 heavy (non-hydrogen) atoms. The first-order valence-corrected chi connectivity index (χ1v) is 39.1. The summed E-state index contributed by atoms with van der Waals surface area (Å²) >= 11 is 0. The Labute approximate surface area is 693 Å². The van der Waals surface area contributed by atoms with Gasteiger partial charge in [-0.3, -0.25) is 38.9 Å². The van der Waals surface area contributed by atoms with Gasteiger partial charge in [-0.25, -0.2) is 24.0 Å². The van der Waals surface area contributed by atoms with Crippen LogP contribution in [0.1, 0.15) is 204 Å². The van der Waals surface area contributed by atoms with Crippen LogP contribution in [0.15, 0.2) is 189 Å². The maximum atomic E-state index is 12.2. The first-order chi connectivity index (χ1) is 56.9. The molecule has 8 aromatic rings. The van der Waals surface area contributed by atoms with E-state index in [0.29, 0.717) is 25.7 Å². The topological polar surface area (TPSA) is 604 Å². The number of nitrogen functional groups attached to an aromatic ring is 4. The molecule has 16 rings (SSSR count). The second kappa shape index (κ2) is 43.9. The molecule has 8 aliphatic carbocycles. The fourth-order valence-electron chi connectivity index (χ4n) is 13.1. The summed E-state index contributed by atoms with van der Waals surface area (Å²) < 4.78 is 28.6. The number of carboxylic acid groups (broad SMARTS) is 1. The van der Waals surface area contributed by atoms with Crippen LogP contribution < -0.4 is 78.5 Å². The lowest BCUT2D eigenvalue weighted by Crippen LogP contribution is -2.43. The summed E-state index contributed by atoms with van der Waals surface area (Å²) in [5.41, 5.74) is 24.5. The van der Waals surface area contributed by atoms with Crippen LogP contribution >= 0.6 is 0 Å². The molecular weight excluding hydrogens is 1580 g/mol. The lowest BCUT2D eigenvalue weighted by atomic mass is 9.89. The zero-order valence-electron chi connectivity index (χ0n) is 67.0. The Hall–Kier alpha value is -11.9. The maximum Gasteiger partial charge on any atom is 0.412 e. The monoisotopic (exact) mass is 1690 g/mol. The highest BCUT2D eigenvalue weighted by molar-refractivity contribution is 5.89. The number of aliphatic hydroxyl groups excluding tert-OH is 8. The summed E-state index contributed by atoms with van der Waals surface area (Å²) in [5.74, 6) is -2.56. The average Bonchev–Trinajstić information content (AvgIpc) is 1.04. The number of carbonyl (C=O) groups excluding carboxylic acids is 3. The van der Waals surface area contributed by atoms with Gasteiger partial charge in [-0.1, -0.05) is 7.43 Å². The van der Waals surface area contributed by atoms with E-state index in [0.717, 1.165) is 77.0 Å². The summed E-state index contributed by atoms with van der Waals surface area (Å²) in [4.78, 5) is 137. The second-order valence-corrected chi connectivity index (χ2v) is 30.6. The molecule has 0 aliphatic heterocycles. The van der Waals surface area contributed by atoms with Crippen molar-refractivity contribution in [2.75, 3.05) is 42.5 Å². The molecule has 5 unspecified atom stereocenters. The summed E-state index contributed by atoms with van der Waals surface area (Å²) in [7, 11) is 2.44. The molecule has 8 aromatic heterocycles. The van der Waals surface area contributed by atoms with Crippen molar-refractivity contribution in [1.29, 1.82) is 0 Å². The maximum absolute atomic E-state index is 12.2. The molecule has 38 heteroatoms. The molecular formula is C83H111N13O25. The minimum Gasteiger partial charge on any atom is -0.477 e. The molecule has 0 radical (unpaired) electrons. The number of esters is 2. The second-order valence-electron chi connectivity index (χ2n) is 30.6. The minimum absolute atomic E-state index is 0. The first kappa shape index (κ1) is 96.3. The highest BCUT2D eigenvalue weighted by atomic mass is 16.6. The molecule has 0 spiro atoms. The van der Waals surface area contributed by atoms with Crippen molar-refractivity contribution < 1.29 is 83.8 Å². The highest BCUT2D eigenvalue weighted by Gasteiger charge is 2.37. The van der Waals surface area contributed by atoms with E-state index in [4.69, 9.17) is 43.6 Å². The van der Waals surface area contributed by atoms with Crippen LogP contribution in [-0.4, -0.2) is 177 Å². The van der Waals surface area contributed by atoms with E-state index >= 15 is 0 Å². The number of aromatic carboxylic acids is 1. The zero-order chi connectivity index (χ0) is 88.1. The molecule has 38 nitrogen and oxygen atoms in total. The van der Waals surface area contributed by atoms with E-state index in [1.807, 2.05) is 0 Å². The van der Waals surface area contributed by atoms with Crippen LogP contribution in [0, 0.1) is 0 Å². The molecule has 8 aliphatic rings. The van der Waals surface area contributed by atoms with Crippen molar-refractivity contribution in [2.24, 2.45) is 5.73 Å². The van der Waals surface area contributed by atoms with Gasteiger partial charge in [0.05, 0.1) is 134 Å². The van der Waals surface area contributed by atoms with Gasteiger partial charge < -0.3 is 125 Å².